The van der Waals surface area contributed by atoms with Gasteiger partial charge in [0.1, 0.15) is 0 Å². The second-order valence-electron chi connectivity index (χ2n) is 7.02. The van der Waals surface area contributed by atoms with Gasteiger partial charge in [-0.25, -0.2) is 0 Å². The predicted molar refractivity (Wildman–Crippen MR) is 74.9 cm³/mol. The number of rotatable bonds is 4. The Bertz CT molecular complexity index is 336. The third kappa shape index (κ3) is 2.54. The standard InChI is InChI=1S/C16H27NO2/c1-2-10-3-7-13(8-4-10)17-15-12-6-5-11(9-12)14(15)16(18)19/h10-15,17H,2-9H2,1H3,(H,18,19). The highest BCUT2D eigenvalue weighted by Crippen LogP contribution is 2.49. The van der Waals surface area contributed by atoms with Crippen LogP contribution in [0.25, 0.3) is 0 Å². The minimum atomic E-state index is -0.563. The maximum absolute atomic E-state index is 11.5. The first-order chi connectivity index (χ1) is 9.19. The van der Waals surface area contributed by atoms with Crippen molar-refractivity contribution in [1.82, 2.24) is 5.32 Å². The minimum Gasteiger partial charge on any atom is -0.481 e. The maximum Gasteiger partial charge on any atom is 0.308 e. The van der Waals surface area contributed by atoms with Crippen LogP contribution in [-0.4, -0.2) is 23.2 Å². The second kappa shape index (κ2) is 5.43. The Kier molecular flexibility index (Phi) is 3.84. The highest BCUT2D eigenvalue weighted by Gasteiger charge is 2.51. The summed E-state index contributed by atoms with van der Waals surface area (Å²) < 4.78 is 0. The zero-order valence-electron chi connectivity index (χ0n) is 12.0. The van der Waals surface area contributed by atoms with Crippen molar-refractivity contribution < 1.29 is 9.90 Å². The summed E-state index contributed by atoms with van der Waals surface area (Å²) in [6.07, 6.45) is 9.99. The number of carbonyl (C=O) groups is 1. The zero-order valence-corrected chi connectivity index (χ0v) is 12.0. The molecule has 3 aliphatic rings. The molecule has 3 fully saturated rings. The molecule has 3 aliphatic carbocycles. The summed E-state index contributed by atoms with van der Waals surface area (Å²) in [4.78, 5) is 11.5. The molecule has 19 heavy (non-hydrogen) atoms. The van der Waals surface area contributed by atoms with Crippen LogP contribution in [0, 0.1) is 23.7 Å². The highest BCUT2D eigenvalue weighted by atomic mass is 16.4. The lowest BCUT2D eigenvalue weighted by molar-refractivity contribution is -0.144. The van der Waals surface area contributed by atoms with Gasteiger partial charge < -0.3 is 10.4 Å². The van der Waals surface area contributed by atoms with Gasteiger partial charge in [-0.15, -0.1) is 0 Å². The van der Waals surface area contributed by atoms with E-state index < -0.39 is 5.97 Å². The SMILES string of the molecule is CCC1CCC(NC2C3CCC(C3)C2C(=O)O)CC1. The topological polar surface area (TPSA) is 49.3 Å². The largest absolute Gasteiger partial charge is 0.481 e. The molecule has 0 aromatic carbocycles. The van der Waals surface area contributed by atoms with Gasteiger partial charge in [0.2, 0.25) is 0 Å². The minimum absolute atomic E-state index is 0.109. The van der Waals surface area contributed by atoms with E-state index in [-0.39, 0.29) is 12.0 Å². The summed E-state index contributed by atoms with van der Waals surface area (Å²) >= 11 is 0. The Morgan fingerprint density at radius 3 is 2.42 bits per heavy atom. The lowest BCUT2D eigenvalue weighted by atomic mass is 9.81. The van der Waals surface area contributed by atoms with Crippen LogP contribution < -0.4 is 5.32 Å². The van der Waals surface area contributed by atoms with Gasteiger partial charge in [0.25, 0.3) is 0 Å². The van der Waals surface area contributed by atoms with Gasteiger partial charge in [-0.3, -0.25) is 4.79 Å². The van der Waals surface area contributed by atoms with Crippen molar-refractivity contribution in [2.45, 2.75) is 70.4 Å². The van der Waals surface area contributed by atoms with Gasteiger partial charge in [-0.05, 0) is 62.7 Å². The second-order valence-corrected chi connectivity index (χ2v) is 7.02. The Morgan fingerprint density at radius 1 is 1.11 bits per heavy atom. The summed E-state index contributed by atoms with van der Waals surface area (Å²) in [6.45, 7) is 2.29. The molecule has 3 nitrogen and oxygen atoms in total. The van der Waals surface area contributed by atoms with Crippen LogP contribution in [0.1, 0.15) is 58.3 Å². The van der Waals surface area contributed by atoms with Crippen molar-refractivity contribution in [2.75, 3.05) is 0 Å². The van der Waals surface area contributed by atoms with Gasteiger partial charge in [-0.2, -0.15) is 0 Å². The molecule has 108 valence electrons. The molecule has 4 unspecified atom stereocenters. The van der Waals surface area contributed by atoms with Crippen LogP contribution in [0.15, 0.2) is 0 Å². The fraction of sp³-hybridized carbons (Fsp3) is 0.938. The maximum atomic E-state index is 11.5. The number of carboxylic acids is 1. The quantitative estimate of drug-likeness (QED) is 0.821. The lowest BCUT2D eigenvalue weighted by Gasteiger charge is -2.36. The number of hydrogen-bond acceptors (Lipinski definition) is 2. The molecule has 0 heterocycles. The number of hydrogen-bond donors (Lipinski definition) is 2. The molecule has 0 radical (unpaired) electrons. The summed E-state index contributed by atoms with van der Waals surface area (Å²) in [5.41, 5.74) is 0. The van der Waals surface area contributed by atoms with Crippen LogP contribution in [0.4, 0.5) is 0 Å². The fourth-order valence-corrected chi connectivity index (χ4v) is 4.90. The van der Waals surface area contributed by atoms with E-state index in [1.807, 2.05) is 0 Å². The van der Waals surface area contributed by atoms with Crippen molar-refractivity contribution in [1.29, 1.82) is 0 Å². The lowest BCUT2D eigenvalue weighted by Crippen LogP contribution is -2.49. The Labute approximate surface area is 116 Å². The molecule has 2 N–H and O–H groups in total. The normalized spacial score (nSPS) is 45.5. The van der Waals surface area contributed by atoms with E-state index in [2.05, 4.69) is 12.2 Å². The molecule has 0 amide bonds. The summed E-state index contributed by atoms with van der Waals surface area (Å²) in [7, 11) is 0. The van der Waals surface area contributed by atoms with Crippen molar-refractivity contribution in [3.8, 4) is 0 Å². The summed E-state index contributed by atoms with van der Waals surface area (Å²) in [6, 6.07) is 0.841. The number of carboxylic acid groups (broad SMARTS) is 1. The monoisotopic (exact) mass is 265 g/mol. The number of aliphatic carboxylic acids is 1. The van der Waals surface area contributed by atoms with E-state index in [1.54, 1.807) is 0 Å². The first kappa shape index (κ1) is 13.4. The van der Waals surface area contributed by atoms with Gasteiger partial charge in [0.05, 0.1) is 5.92 Å². The van der Waals surface area contributed by atoms with E-state index in [1.165, 1.54) is 38.5 Å². The molecule has 0 aromatic rings. The molecule has 3 heteroatoms. The van der Waals surface area contributed by atoms with E-state index >= 15 is 0 Å². The first-order valence-electron chi connectivity index (χ1n) is 8.18. The molecule has 0 saturated heterocycles. The van der Waals surface area contributed by atoms with Crippen LogP contribution in [0.2, 0.25) is 0 Å². The van der Waals surface area contributed by atoms with Gasteiger partial charge in [0, 0.05) is 12.1 Å². The fourth-order valence-electron chi connectivity index (χ4n) is 4.90. The number of nitrogens with one attached hydrogen (secondary N) is 1. The zero-order chi connectivity index (χ0) is 13.4. The van der Waals surface area contributed by atoms with Crippen molar-refractivity contribution in [3.63, 3.8) is 0 Å². The third-order valence-electron chi connectivity index (χ3n) is 6.05. The van der Waals surface area contributed by atoms with Gasteiger partial charge >= 0.3 is 5.97 Å². The molecular formula is C16H27NO2. The van der Waals surface area contributed by atoms with E-state index in [0.29, 0.717) is 17.9 Å². The van der Waals surface area contributed by atoms with Gasteiger partial charge in [-0.1, -0.05) is 13.3 Å². The summed E-state index contributed by atoms with van der Waals surface area (Å²) in [5, 5.41) is 13.2. The van der Waals surface area contributed by atoms with E-state index in [0.717, 1.165) is 18.8 Å². The smallest absolute Gasteiger partial charge is 0.308 e. The van der Waals surface area contributed by atoms with Crippen LogP contribution in [0.3, 0.4) is 0 Å². The molecule has 2 bridgehead atoms. The average molecular weight is 265 g/mol. The van der Waals surface area contributed by atoms with Crippen molar-refractivity contribution >= 4 is 5.97 Å². The molecular weight excluding hydrogens is 238 g/mol. The molecule has 0 aromatic heterocycles. The summed E-state index contributed by atoms with van der Waals surface area (Å²) in [5.74, 6) is 1.32. The van der Waals surface area contributed by atoms with E-state index in [9.17, 15) is 9.90 Å². The Morgan fingerprint density at radius 2 is 1.79 bits per heavy atom. The van der Waals surface area contributed by atoms with Crippen molar-refractivity contribution in [2.24, 2.45) is 23.7 Å². The predicted octanol–water partition coefficient (Wildman–Crippen LogP) is 3.04. The molecule has 0 spiro atoms. The van der Waals surface area contributed by atoms with Crippen molar-refractivity contribution in [3.05, 3.63) is 0 Å². The third-order valence-corrected chi connectivity index (χ3v) is 6.05. The number of fused-ring (bicyclic) bond motifs is 2. The Balaban J connectivity index is 1.58. The molecule has 0 aliphatic heterocycles. The average Bonchev–Trinajstić information content (AvgIpc) is 3.00. The van der Waals surface area contributed by atoms with E-state index in [4.69, 9.17) is 0 Å². The van der Waals surface area contributed by atoms with Crippen LogP contribution >= 0.6 is 0 Å². The Hall–Kier alpha value is -0.570. The first-order valence-corrected chi connectivity index (χ1v) is 8.18. The highest BCUT2D eigenvalue weighted by molar-refractivity contribution is 5.72. The van der Waals surface area contributed by atoms with Crippen LogP contribution in [0.5, 0.6) is 0 Å². The van der Waals surface area contributed by atoms with Crippen LogP contribution in [-0.2, 0) is 4.79 Å². The molecule has 3 rings (SSSR count). The molecule has 3 saturated carbocycles. The van der Waals surface area contributed by atoms with Gasteiger partial charge in [0.15, 0.2) is 0 Å². The molecule has 4 atom stereocenters.